The Kier molecular flexibility index (Phi) is 5.15. The summed E-state index contributed by atoms with van der Waals surface area (Å²) < 4.78 is 1.25. The van der Waals surface area contributed by atoms with Crippen LogP contribution < -0.4 is 10.2 Å². The molecular weight excluding hydrogens is 359 g/mol. The SMILES string of the molecule is CC(C)NCC1CCN(c2ccc(Cl)cc2I)C1. The van der Waals surface area contributed by atoms with Crippen LogP contribution in [-0.2, 0) is 0 Å². The summed E-state index contributed by atoms with van der Waals surface area (Å²) in [6, 6.07) is 6.74. The van der Waals surface area contributed by atoms with Gasteiger partial charge in [0.25, 0.3) is 0 Å². The van der Waals surface area contributed by atoms with Gasteiger partial charge in [0.2, 0.25) is 0 Å². The molecule has 1 saturated heterocycles. The Labute approximate surface area is 128 Å². The summed E-state index contributed by atoms with van der Waals surface area (Å²) in [6.07, 6.45) is 1.28. The van der Waals surface area contributed by atoms with Gasteiger partial charge in [-0.15, -0.1) is 0 Å². The lowest BCUT2D eigenvalue weighted by atomic mass is 10.1. The molecule has 1 aromatic rings. The van der Waals surface area contributed by atoms with Gasteiger partial charge in [-0.1, -0.05) is 25.4 Å². The Bertz CT molecular complexity index is 409. The number of benzene rings is 1. The van der Waals surface area contributed by atoms with Gasteiger partial charge in [0.15, 0.2) is 0 Å². The van der Waals surface area contributed by atoms with Crippen molar-refractivity contribution in [3.63, 3.8) is 0 Å². The zero-order chi connectivity index (χ0) is 13.1. The van der Waals surface area contributed by atoms with Crippen LogP contribution in [0, 0.1) is 9.49 Å². The number of hydrogen-bond donors (Lipinski definition) is 1. The Hall–Kier alpha value is -0.000000000000000111. The first-order valence-electron chi connectivity index (χ1n) is 6.49. The van der Waals surface area contributed by atoms with Crippen molar-refractivity contribution in [3.8, 4) is 0 Å². The molecule has 1 N–H and O–H groups in total. The van der Waals surface area contributed by atoms with E-state index in [1.165, 1.54) is 15.7 Å². The van der Waals surface area contributed by atoms with Crippen LogP contribution in [0.5, 0.6) is 0 Å². The van der Waals surface area contributed by atoms with E-state index in [-0.39, 0.29) is 0 Å². The second kappa shape index (κ2) is 6.44. The maximum atomic E-state index is 6.00. The van der Waals surface area contributed by atoms with E-state index >= 15 is 0 Å². The Morgan fingerprint density at radius 1 is 1.50 bits per heavy atom. The largest absolute Gasteiger partial charge is 0.370 e. The van der Waals surface area contributed by atoms with Crippen molar-refractivity contribution < 1.29 is 0 Å². The van der Waals surface area contributed by atoms with E-state index in [0.29, 0.717) is 6.04 Å². The van der Waals surface area contributed by atoms with Gasteiger partial charge in [-0.3, -0.25) is 0 Å². The van der Waals surface area contributed by atoms with Crippen molar-refractivity contribution in [2.45, 2.75) is 26.3 Å². The molecule has 0 spiro atoms. The molecule has 1 aliphatic rings. The molecule has 0 saturated carbocycles. The van der Waals surface area contributed by atoms with E-state index in [4.69, 9.17) is 11.6 Å². The monoisotopic (exact) mass is 378 g/mol. The van der Waals surface area contributed by atoms with Gasteiger partial charge < -0.3 is 10.2 Å². The second-order valence-electron chi connectivity index (χ2n) is 5.26. The number of nitrogens with zero attached hydrogens (tertiary/aromatic N) is 1. The van der Waals surface area contributed by atoms with Crippen molar-refractivity contribution in [2.75, 3.05) is 24.5 Å². The molecule has 18 heavy (non-hydrogen) atoms. The summed E-state index contributed by atoms with van der Waals surface area (Å²) >= 11 is 8.38. The first-order chi connectivity index (χ1) is 8.56. The van der Waals surface area contributed by atoms with Crippen LogP contribution in [0.15, 0.2) is 18.2 Å². The molecule has 0 aliphatic carbocycles. The molecule has 2 rings (SSSR count). The minimum atomic E-state index is 0.578. The number of nitrogens with one attached hydrogen (secondary N) is 1. The zero-order valence-electron chi connectivity index (χ0n) is 10.9. The standard InChI is InChI=1S/C14H20ClIN2/c1-10(2)17-8-11-5-6-18(9-11)14-4-3-12(15)7-13(14)16/h3-4,7,10-11,17H,5-6,8-9H2,1-2H3. The normalized spacial score (nSPS) is 19.8. The molecule has 1 unspecified atom stereocenters. The molecule has 0 radical (unpaired) electrons. The molecule has 2 nitrogen and oxygen atoms in total. The van der Waals surface area contributed by atoms with E-state index in [1.807, 2.05) is 12.1 Å². The predicted octanol–water partition coefficient (Wildman–Crippen LogP) is 3.77. The van der Waals surface area contributed by atoms with Crippen molar-refractivity contribution >= 4 is 39.9 Å². The average Bonchev–Trinajstić information content (AvgIpc) is 2.75. The van der Waals surface area contributed by atoms with Crippen LogP contribution in [0.1, 0.15) is 20.3 Å². The first kappa shape index (κ1) is 14.4. The summed E-state index contributed by atoms with van der Waals surface area (Å²) in [5.74, 6) is 0.763. The lowest BCUT2D eigenvalue weighted by Gasteiger charge is -2.21. The fourth-order valence-corrected chi connectivity index (χ4v) is 3.57. The summed E-state index contributed by atoms with van der Waals surface area (Å²) in [5.41, 5.74) is 1.33. The molecule has 0 amide bonds. The first-order valence-corrected chi connectivity index (χ1v) is 7.95. The molecule has 1 atom stereocenters. The number of anilines is 1. The lowest BCUT2D eigenvalue weighted by molar-refractivity contribution is 0.480. The van der Waals surface area contributed by atoms with Crippen LogP contribution >= 0.6 is 34.2 Å². The van der Waals surface area contributed by atoms with Crippen LogP contribution in [0.4, 0.5) is 5.69 Å². The van der Waals surface area contributed by atoms with E-state index < -0.39 is 0 Å². The van der Waals surface area contributed by atoms with Gasteiger partial charge >= 0.3 is 0 Å². The minimum absolute atomic E-state index is 0.578. The molecule has 1 fully saturated rings. The van der Waals surface area contributed by atoms with Gasteiger partial charge in [0, 0.05) is 27.7 Å². The van der Waals surface area contributed by atoms with Gasteiger partial charge in [0.05, 0.1) is 5.69 Å². The van der Waals surface area contributed by atoms with E-state index in [1.54, 1.807) is 0 Å². The summed E-state index contributed by atoms with van der Waals surface area (Å²) in [4.78, 5) is 2.48. The molecule has 4 heteroatoms. The molecular formula is C14H20ClIN2. The van der Waals surface area contributed by atoms with E-state index in [9.17, 15) is 0 Å². The van der Waals surface area contributed by atoms with Crippen molar-refractivity contribution in [2.24, 2.45) is 5.92 Å². The quantitative estimate of drug-likeness (QED) is 0.802. The highest BCUT2D eigenvalue weighted by molar-refractivity contribution is 14.1. The highest BCUT2D eigenvalue weighted by atomic mass is 127. The predicted molar refractivity (Wildman–Crippen MR) is 87.6 cm³/mol. The summed E-state index contributed by atoms with van der Waals surface area (Å²) in [5, 5.41) is 4.35. The highest BCUT2D eigenvalue weighted by Gasteiger charge is 2.23. The third-order valence-electron chi connectivity index (χ3n) is 3.35. The van der Waals surface area contributed by atoms with Crippen molar-refractivity contribution in [3.05, 3.63) is 26.8 Å². The smallest absolute Gasteiger partial charge is 0.0503 e. The van der Waals surface area contributed by atoms with Crippen LogP contribution in [0.2, 0.25) is 5.02 Å². The fourth-order valence-electron chi connectivity index (χ4n) is 2.36. The molecule has 1 heterocycles. The number of halogens is 2. The van der Waals surface area contributed by atoms with Crippen molar-refractivity contribution in [1.82, 2.24) is 5.32 Å². The molecule has 1 aromatic carbocycles. The topological polar surface area (TPSA) is 15.3 Å². The van der Waals surface area contributed by atoms with Crippen molar-refractivity contribution in [1.29, 1.82) is 0 Å². The summed E-state index contributed by atoms with van der Waals surface area (Å²) in [7, 11) is 0. The number of rotatable bonds is 4. The Balaban J connectivity index is 1.95. The van der Waals surface area contributed by atoms with Gasteiger partial charge in [0.1, 0.15) is 0 Å². The molecule has 0 aromatic heterocycles. The molecule has 100 valence electrons. The Morgan fingerprint density at radius 2 is 2.28 bits per heavy atom. The third kappa shape index (κ3) is 3.75. The minimum Gasteiger partial charge on any atom is -0.370 e. The average molecular weight is 379 g/mol. The Morgan fingerprint density at radius 3 is 2.94 bits per heavy atom. The van der Waals surface area contributed by atoms with E-state index in [0.717, 1.165) is 30.6 Å². The van der Waals surface area contributed by atoms with Crippen LogP contribution in [0.3, 0.4) is 0 Å². The van der Waals surface area contributed by atoms with Crippen LogP contribution in [0.25, 0.3) is 0 Å². The van der Waals surface area contributed by atoms with Gasteiger partial charge in [-0.2, -0.15) is 0 Å². The molecule has 1 aliphatic heterocycles. The number of hydrogen-bond acceptors (Lipinski definition) is 2. The highest BCUT2D eigenvalue weighted by Crippen LogP contribution is 2.29. The lowest BCUT2D eigenvalue weighted by Crippen LogP contribution is -2.30. The third-order valence-corrected chi connectivity index (χ3v) is 4.45. The summed E-state index contributed by atoms with van der Waals surface area (Å²) in [6.45, 7) is 7.83. The molecule has 0 bridgehead atoms. The van der Waals surface area contributed by atoms with Gasteiger partial charge in [-0.25, -0.2) is 0 Å². The maximum Gasteiger partial charge on any atom is 0.0503 e. The van der Waals surface area contributed by atoms with E-state index in [2.05, 4.69) is 52.7 Å². The van der Waals surface area contributed by atoms with Gasteiger partial charge in [-0.05, 0) is 59.7 Å². The fraction of sp³-hybridized carbons (Fsp3) is 0.571. The zero-order valence-corrected chi connectivity index (χ0v) is 13.8. The second-order valence-corrected chi connectivity index (χ2v) is 6.86. The maximum absolute atomic E-state index is 6.00. The van der Waals surface area contributed by atoms with Crippen LogP contribution in [-0.4, -0.2) is 25.7 Å².